The molecule has 2 aromatic rings. The molecule has 0 spiro atoms. The SMILES string of the molecule is CC1CCN(C(C)c2nc(-c3cccs3)no2)CC1. The van der Waals surface area contributed by atoms with Gasteiger partial charge in [0.15, 0.2) is 0 Å². The van der Waals surface area contributed by atoms with Crippen molar-refractivity contribution in [1.82, 2.24) is 15.0 Å². The lowest BCUT2D eigenvalue weighted by Gasteiger charge is -2.33. The van der Waals surface area contributed by atoms with Crippen molar-refractivity contribution >= 4 is 11.3 Å². The van der Waals surface area contributed by atoms with E-state index in [1.807, 2.05) is 17.5 Å². The second-order valence-electron chi connectivity index (χ2n) is 5.33. The highest BCUT2D eigenvalue weighted by molar-refractivity contribution is 7.13. The molecule has 1 atom stereocenters. The van der Waals surface area contributed by atoms with Crippen LogP contribution >= 0.6 is 11.3 Å². The van der Waals surface area contributed by atoms with Gasteiger partial charge in [-0.2, -0.15) is 4.98 Å². The second kappa shape index (κ2) is 5.43. The average Bonchev–Trinajstić information content (AvgIpc) is 3.10. The molecule has 0 saturated carbocycles. The van der Waals surface area contributed by atoms with Gasteiger partial charge in [-0.3, -0.25) is 4.90 Å². The van der Waals surface area contributed by atoms with Crippen LogP contribution in [0.2, 0.25) is 0 Å². The van der Waals surface area contributed by atoms with E-state index in [4.69, 9.17) is 4.52 Å². The Balaban J connectivity index is 1.72. The molecule has 3 rings (SSSR count). The first-order chi connectivity index (χ1) is 9.24. The molecule has 1 unspecified atom stereocenters. The van der Waals surface area contributed by atoms with Gasteiger partial charge < -0.3 is 4.52 Å². The molecule has 102 valence electrons. The third-order valence-corrected chi connectivity index (χ3v) is 4.77. The Bertz CT molecular complexity index is 515. The number of thiophene rings is 1. The van der Waals surface area contributed by atoms with Gasteiger partial charge in [0.1, 0.15) is 0 Å². The van der Waals surface area contributed by atoms with E-state index in [9.17, 15) is 0 Å². The van der Waals surface area contributed by atoms with Crippen molar-refractivity contribution in [3.05, 3.63) is 23.4 Å². The summed E-state index contributed by atoms with van der Waals surface area (Å²) in [5.74, 6) is 2.29. The van der Waals surface area contributed by atoms with E-state index >= 15 is 0 Å². The minimum atomic E-state index is 0.216. The number of rotatable bonds is 3. The maximum Gasteiger partial charge on any atom is 0.244 e. The Morgan fingerprint density at radius 2 is 2.21 bits per heavy atom. The summed E-state index contributed by atoms with van der Waals surface area (Å²) in [5.41, 5.74) is 0. The largest absolute Gasteiger partial charge is 0.337 e. The van der Waals surface area contributed by atoms with Crippen molar-refractivity contribution in [2.75, 3.05) is 13.1 Å². The van der Waals surface area contributed by atoms with E-state index in [2.05, 4.69) is 28.9 Å². The van der Waals surface area contributed by atoms with Crippen LogP contribution in [0.1, 0.15) is 38.6 Å². The zero-order chi connectivity index (χ0) is 13.2. The van der Waals surface area contributed by atoms with E-state index in [0.29, 0.717) is 5.82 Å². The van der Waals surface area contributed by atoms with E-state index in [1.165, 1.54) is 12.8 Å². The standard InChI is InChI=1S/C14H19N3OS/c1-10-5-7-17(8-6-10)11(2)14-15-13(16-18-14)12-4-3-9-19-12/h3-4,9-11H,5-8H2,1-2H3. The van der Waals surface area contributed by atoms with E-state index < -0.39 is 0 Å². The first kappa shape index (κ1) is 12.8. The number of piperidine rings is 1. The molecule has 4 nitrogen and oxygen atoms in total. The molecular weight excluding hydrogens is 258 g/mol. The molecule has 0 aliphatic carbocycles. The van der Waals surface area contributed by atoms with Crippen LogP contribution < -0.4 is 0 Å². The normalized spacial score (nSPS) is 19.7. The number of aromatic nitrogens is 2. The van der Waals surface area contributed by atoms with Crippen molar-refractivity contribution < 1.29 is 4.52 Å². The second-order valence-corrected chi connectivity index (χ2v) is 6.28. The summed E-state index contributed by atoms with van der Waals surface area (Å²) in [5, 5.41) is 6.12. The van der Waals surface area contributed by atoms with E-state index in [0.717, 1.165) is 29.8 Å². The number of likely N-dealkylation sites (tertiary alicyclic amines) is 1. The van der Waals surface area contributed by atoms with Crippen LogP contribution in [0, 0.1) is 5.92 Å². The van der Waals surface area contributed by atoms with E-state index in [1.54, 1.807) is 11.3 Å². The fraction of sp³-hybridized carbons (Fsp3) is 0.571. The third-order valence-electron chi connectivity index (χ3n) is 3.91. The van der Waals surface area contributed by atoms with Crippen LogP contribution in [0.15, 0.2) is 22.0 Å². The van der Waals surface area contributed by atoms with Gasteiger partial charge in [-0.15, -0.1) is 11.3 Å². The molecule has 5 heteroatoms. The molecule has 3 heterocycles. The predicted octanol–water partition coefficient (Wildman–Crippen LogP) is 3.59. The Labute approximate surface area is 117 Å². The molecular formula is C14H19N3OS. The first-order valence-electron chi connectivity index (χ1n) is 6.85. The van der Waals surface area contributed by atoms with Gasteiger partial charge in [0.2, 0.25) is 11.7 Å². The smallest absolute Gasteiger partial charge is 0.244 e. The van der Waals surface area contributed by atoms with Crippen molar-refractivity contribution in [1.29, 1.82) is 0 Å². The fourth-order valence-electron chi connectivity index (χ4n) is 2.48. The molecule has 1 fully saturated rings. The highest BCUT2D eigenvalue weighted by Gasteiger charge is 2.25. The van der Waals surface area contributed by atoms with Crippen molar-refractivity contribution in [3.63, 3.8) is 0 Å². The van der Waals surface area contributed by atoms with Crippen LogP contribution in [-0.2, 0) is 0 Å². The molecule has 19 heavy (non-hydrogen) atoms. The lowest BCUT2D eigenvalue weighted by atomic mass is 9.98. The van der Waals surface area contributed by atoms with Crippen LogP contribution in [-0.4, -0.2) is 28.1 Å². The molecule has 0 aromatic carbocycles. The maximum atomic E-state index is 5.43. The minimum absolute atomic E-state index is 0.216. The first-order valence-corrected chi connectivity index (χ1v) is 7.73. The molecule has 0 radical (unpaired) electrons. The molecule has 2 aromatic heterocycles. The summed E-state index contributed by atoms with van der Waals surface area (Å²) in [6.45, 7) is 6.73. The average molecular weight is 277 g/mol. The summed E-state index contributed by atoms with van der Waals surface area (Å²) < 4.78 is 5.43. The minimum Gasteiger partial charge on any atom is -0.337 e. The van der Waals surface area contributed by atoms with Crippen molar-refractivity contribution in [2.45, 2.75) is 32.7 Å². The summed E-state index contributed by atoms with van der Waals surface area (Å²) in [6, 6.07) is 4.24. The topological polar surface area (TPSA) is 42.2 Å². The molecule has 1 aliphatic heterocycles. The van der Waals surface area contributed by atoms with Crippen LogP contribution in [0.25, 0.3) is 10.7 Å². The zero-order valence-corrected chi connectivity index (χ0v) is 12.2. The Kier molecular flexibility index (Phi) is 3.66. The van der Waals surface area contributed by atoms with Crippen molar-refractivity contribution in [2.24, 2.45) is 5.92 Å². The summed E-state index contributed by atoms with van der Waals surface area (Å²) >= 11 is 1.64. The summed E-state index contributed by atoms with van der Waals surface area (Å²) in [6.07, 6.45) is 2.52. The Hall–Kier alpha value is -1.20. The highest BCUT2D eigenvalue weighted by Crippen LogP contribution is 2.28. The number of nitrogens with zero attached hydrogens (tertiary/aromatic N) is 3. The van der Waals surface area contributed by atoms with Crippen LogP contribution in [0.3, 0.4) is 0 Å². The van der Waals surface area contributed by atoms with Crippen LogP contribution in [0.5, 0.6) is 0 Å². The summed E-state index contributed by atoms with van der Waals surface area (Å²) in [7, 11) is 0. The Morgan fingerprint density at radius 3 is 2.89 bits per heavy atom. The van der Waals surface area contributed by atoms with Crippen molar-refractivity contribution in [3.8, 4) is 10.7 Å². The molecule has 1 aliphatic rings. The van der Waals surface area contributed by atoms with Gasteiger partial charge in [-0.05, 0) is 50.2 Å². The van der Waals surface area contributed by atoms with E-state index in [-0.39, 0.29) is 6.04 Å². The lowest BCUT2D eigenvalue weighted by molar-refractivity contribution is 0.124. The summed E-state index contributed by atoms with van der Waals surface area (Å²) in [4.78, 5) is 8.04. The van der Waals surface area contributed by atoms with Crippen LogP contribution in [0.4, 0.5) is 0 Å². The lowest BCUT2D eigenvalue weighted by Crippen LogP contribution is -2.35. The van der Waals surface area contributed by atoms with Gasteiger partial charge >= 0.3 is 0 Å². The molecule has 0 N–H and O–H groups in total. The quantitative estimate of drug-likeness (QED) is 0.859. The van der Waals surface area contributed by atoms with Gasteiger partial charge in [0.05, 0.1) is 10.9 Å². The molecule has 0 amide bonds. The third kappa shape index (κ3) is 2.72. The number of hydrogen-bond donors (Lipinski definition) is 0. The number of hydrogen-bond acceptors (Lipinski definition) is 5. The fourth-order valence-corrected chi connectivity index (χ4v) is 3.13. The van der Waals surface area contributed by atoms with Gasteiger partial charge in [-0.1, -0.05) is 18.1 Å². The molecule has 1 saturated heterocycles. The predicted molar refractivity (Wildman–Crippen MR) is 76.0 cm³/mol. The molecule has 0 bridgehead atoms. The van der Waals surface area contributed by atoms with Gasteiger partial charge in [0, 0.05) is 0 Å². The zero-order valence-electron chi connectivity index (χ0n) is 11.4. The van der Waals surface area contributed by atoms with Gasteiger partial charge in [0.25, 0.3) is 0 Å². The van der Waals surface area contributed by atoms with Gasteiger partial charge in [-0.25, -0.2) is 0 Å². The monoisotopic (exact) mass is 277 g/mol. The Morgan fingerprint density at radius 1 is 1.42 bits per heavy atom. The maximum absolute atomic E-state index is 5.43. The highest BCUT2D eigenvalue weighted by atomic mass is 32.1.